The van der Waals surface area contributed by atoms with Gasteiger partial charge < -0.3 is 15.0 Å². The molecule has 172 valence electrons. The van der Waals surface area contributed by atoms with Crippen molar-refractivity contribution in [2.75, 3.05) is 62.7 Å². The van der Waals surface area contributed by atoms with Crippen molar-refractivity contribution < 1.29 is 17.9 Å². The van der Waals surface area contributed by atoms with Crippen LogP contribution in [-0.2, 0) is 19.6 Å². The monoisotopic (exact) mass is 450 g/mol. The minimum atomic E-state index is -3.62. The summed E-state index contributed by atoms with van der Waals surface area (Å²) in [6, 6.07) is 5.54. The van der Waals surface area contributed by atoms with Gasteiger partial charge in [-0.1, -0.05) is 6.42 Å². The molecule has 0 aliphatic carbocycles. The van der Waals surface area contributed by atoms with Crippen molar-refractivity contribution >= 4 is 27.3 Å². The lowest BCUT2D eigenvalue weighted by Crippen LogP contribution is -2.42. The van der Waals surface area contributed by atoms with E-state index in [0.717, 1.165) is 51.0 Å². The Bertz CT molecular complexity index is 879. The molecule has 0 aromatic heterocycles. The smallest absolute Gasteiger partial charge is 0.243 e. The second-order valence-corrected chi connectivity index (χ2v) is 10.7. The highest BCUT2D eigenvalue weighted by Crippen LogP contribution is 2.32. The van der Waals surface area contributed by atoms with Gasteiger partial charge in [-0.3, -0.25) is 9.69 Å². The van der Waals surface area contributed by atoms with Crippen LogP contribution in [0.25, 0.3) is 0 Å². The Morgan fingerprint density at radius 1 is 1.06 bits per heavy atom. The molecule has 31 heavy (non-hydrogen) atoms. The number of amides is 1. The molecule has 1 aromatic rings. The fraction of sp³-hybridized carbons (Fsp3) is 0.682. The number of carbonyl (C=O) groups excluding carboxylic acids is 1. The van der Waals surface area contributed by atoms with E-state index in [9.17, 15) is 13.2 Å². The Hall–Kier alpha value is -1.68. The fourth-order valence-electron chi connectivity index (χ4n) is 4.71. The van der Waals surface area contributed by atoms with Gasteiger partial charge in [-0.25, -0.2) is 8.42 Å². The first kappa shape index (κ1) is 22.5. The van der Waals surface area contributed by atoms with Gasteiger partial charge in [0.25, 0.3) is 0 Å². The van der Waals surface area contributed by atoms with Gasteiger partial charge in [0, 0.05) is 32.2 Å². The van der Waals surface area contributed by atoms with Crippen LogP contribution >= 0.6 is 0 Å². The van der Waals surface area contributed by atoms with Crippen molar-refractivity contribution in [3.63, 3.8) is 0 Å². The molecule has 0 bridgehead atoms. The Balaban J connectivity index is 1.57. The minimum Gasteiger partial charge on any atom is -0.379 e. The number of sulfonamides is 1. The van der Waals surface area contributed by atoms with E-state index < -0.39 is 10.0 Å². The van der Waals surface area contributed by atoms with Gasteiger partial charge in [-0.15, -0.1) is 0 Å². The quantitative estimate of drug-likeness (QED) is 0.715. The van der Waals surface area contributed by atoms with E-state index in [0.29, 0.717) is 44.6 Å². The first-order valence-electron chi connectivity index (χ1n) is 11.5. The molecule has 3 saturated heterocycles. The van der Waals surface area contributed by atoms with Crippen molar-refractivity contribution in [1.29, 1.82) is 0 Å². The summed E-state index contributed by atoms with van der Waals surface area (Å²) in [6.07, 6.45) is 5.64. The maximum absolute atomic E-state index is 13.2. The molecule has 0 radical (unpaired) electrons. The first-order valence-corrected chi connectivity index (χ1v) is 12.9. The Morgan fingerprint density at radius 3 is 2.48 bits per heavy atom. The number of benzene rings is 1. The van der Waals surface area contributed by atoms with Gasteiger partial charge in [0.1, 0.15) is 0 Å². The molecular formula is C22H34N4O4S. The molecule has 0 saturated carbocycles. The fourth-order valence-corrected chi connectivity index (χ4v) is 6.15. The number of morpholine rings is 1. The van der Waals surface area contributed by atoms with E-state index in [1.54, 1.807) is 12.1 Å². The summed E-state index contributed by atoms with van der Waals surface area (Å²) >= 11 is 0. The Labute approximate surface area is 185 Å². The molecule has 0 spiro atoms. The Morgan fingerprint density at radius 2 is 1.77 bits per heavy atom. The molecule has 9 heteroatoms. The molecule has 3 heterocycles. The highest BCUT2D eigenvalue weighted by Gasteiger charge is 2.28. The lowest BCUT2D eigenvalue weighted by Gasteiger charge is -2.32. The van der Waals surface area contributed by atoms with Crippen molar-refractivity contribution in [2.24, 2.45) is 0 Å². The van der Waals surface area contributed by atoms with Crippen molar-refractivity contribution in [2.45, 2.75) is 50.0 Å². The van der Waals surface area contributed by atoms with Gasteiger partial charge in [0.2, 0.25) is 15.9 Å². The molecule has 3 aliphatic rings. The predicted octanol–water partition coefficient (Wildman–Crippen LogP) is 2.12. The topological polar surface area (TPSA) is 82.2 Å². The number of piperidine rings is 1. The van der Waals surface area contributed by atoms with E-state index in [4.69, 9.17) is 4.74 Å². The number of likely N-dealkylation sites (tertiary alicyclic amines) is 1. The molecule has 3 fully saturated rings. The third kappa shape index (κ3) is 5.22. The molecule has 1 atom stereocenters. The van der Waals surface area contributed by atoms with Crippen molar-refractivity contribution in [1.82, 2.24) is 9.21 Å². The highest BCUT2D eigenvalue weighted by molar-refractivity contribution is 7.89. The van der Waals surface area contributed by atoms with E-state index in [2.05, 4.69) is 22.0 Å². The van der Waals surface area contributed by atoms with Crippen LogP contribution in [0.4, 0.5) is 11.4 Å². The van der Waals surface area contributed by atoms with Crippen LogP contribution in [0.15, 0.2) is 23.1 Å². The SMILES string of the molecule is C[C@H]1CCCCN1CC(=O)Nc1cc(S(=O)(=O)N2CCOCC2)ccc1N1CCCC1. The van der Waals surface area contributed by atoms with Crippen LogP contribution in [-0.4, -0.2) is 82.1 Å². The third-order valence-corrected chi connectivity index (χ3v) is 8.48. The predicted molar refractivity (Wildman–Crippen MR) is 121 cm³/mol. The standard InChI is InChI=1S/C22H34N4O4S/c1-18-6-2-3-11-25(18)17-22(27)23-20-16-19(7-8-21(20)24-9-4-5-10-24)31(28,29)26-12-14-30-15-13-26/h7-8,16,18H,2-6,9-15,17H2,1H3,(H,23,27)/t18-/m0/s1. The summed E-state index contributed by atoms with van der Waals surface area (Å²) in [5.41, 5.74) is 1.49. The molecule has 1 N–H and O–H groups in total. The molecular weight excluding hydrogens is 416 g/mol. The number of rotatable bonds is 6. The zero-order valence-electron chi connectivity index (χ0n) is 18.4. The van der Waals surface area contributed by atoms with E-state index >= 15 is 0 Å². The number of anilines is 2. The second-order valence-electron chi connectivity index (χ2n) is 8.75. The summed E-state index contributed by atoms with van der Waals surface area (Å²) in [5.74, 6) is -0.0879. The summed E-state index contributed by atoms with van der Waals surface area (Å²) < 4.78 is 33.1. The maximum Gasteiger partial charge on any atom is 0.243 e. The largest absolute Gasteiger partial charge is 0.379 e. The maximum atomic E-state index is 13.2. The van der Waals surface area contributed by atoms with Crippen LogP contribution in [0.1, 0.15) is 39.0 Å². The minimum absolute atomic E-state index is 0.0879. The molecule has 8 nitrogen and oxygen atoms in total. The molecule has 1 aromatic carbocycles. The van der Waals surface area contributed by atoms with Crippen LogP contribution in [0.3, 0.4) is 0 Å². The van der Waals surface area contributed by atoms with Gasteiger partial charge in [0.05, 0.1) is 36.0 Å². The Kier molecular flexibility index (Phi) is 7.15. The second kappa shape index (κ2) is 9.85. The lowest BCUT2D eigenvalue weighted by molar-refractivity contribution is -0.118. The number of nitrogens with zero attached hydrogens (tertiary/aromatic N) is 3. The van der Waals surface area contributed by atoms with Crippen LogP contribution < -0.4 is 10.2 Å². The van der Waals surface area contributed by atoms with Gasteiger partial charge >= 0.3 is 0 Å². The van der Waals surface area contributed by atoms with Crippen LogP contribution in [0.5, 0.6) is 0 Å². The normalized spacial score (nSPS) is 23.8. The van der Waals surface area contributed by atoms with Gasteiger partial charge in [0.15, 0.2) is 0 Å². The summed E-state index contributed by atoms with van der Waals surface area (Å²) in [5, 5.41) is 3.04. The highest BCUT2D eigenvalue weighted by atomic mass is 32.2. The molecule has 3 aliphatic heterocycles. The van der Waals surface area contributed by atoms with Crippen LogP contribution in [0, 0.1) is 0 Å². The molecule has 1 amide bonds. The van der Waals surface area contributed by atoms with E-state index in [-0.39, 0.29) is 10.8 Å². The number of hydrogen-bond donors (Lipinski definition) is 1. The average Bonchev–Trinajstić information content (AvgIpc) is 3.30. The third-order valence-electron chi connectivity index (χ3n) is 6.58. The molecule has 4 rings (SSSR count). The average molecular weight is 451 g/mol. The number of ether oxygens (including phenoxy) is 1. The number of carbonyl (C=O) groups is 1. The number of hydrogen-bond acceptors (Lipinski definition) is 6. The first-order chi connectivity index (χ1) is 14.9. The van der Waals surface area contributed by atoms with Crippen molar-refractivity contribution in [3.05, 3.63) is 18.2 Å². The van der Waals surface area contributed by atoms with E-state index in [1.807, 2.05) is 6.07 Å². The van der Waals surface area contributed by atoms with Gasteiger partial charge in [-0.2, -0.15) is 4.31 Å². The van der Waals surface area contributed by atoms with Gasteiger partial charge in [-0.05, 0) is 57.4 Å². The summed E-state index contributed by atoms with van der Waals surface area (Å²) in [7, 11) is -3.62. The molecule has 0 unspecified atom stereocenters. The summed E-state index contributed by atoms with van der Waals surface area (Å²) in [6.45, 7) is 6.78. The zero-order chi connectivity index (χ0) is 21.8. The van der Waals surface area contributed by atoms with Crippen molar-refractivity contribution in [3.8, 4) is 0 Å². The van der Waals surface area contributed by atoms with Crippen LogP contribution in [0.2, 0.25) is 0 Å². The summed E-state index contributed by atoms with van der Waals surface area (Å²) in [4.78, 5) is 17.6. The number of nitrogens with one attached hydrogen (secondary N) is 1. The lowest BCUT2D eigenvalue weighted by atomic mass is 10.0. The zero-order valence-corrected chi connectivity index (χ0v) is 19.2. The van der Waals surface area contributed by atoms with E-state index in [1.165, 1.54) is 10.7 Å².